The first-order chi connectivity index (χ1) is 8.74. The highest BCUT2D eigenvalue weighted by Gasteiger charge is 2.13. The van der Waals surface area contributed by atoms with Gasteiger partial charge in [-0.05, 0) is 18.6 Å². The number of nitrogen functional groups attached to an aromatic ring is 1. The SMILES string of the molecule is CCCN1CCN(c2ccc(N)c(OC)c2)C=N1. The third kappa shape index (κ3) is 2.67. The number of rotatable bonds is 4. The maximum Gasteiger partial charge on any atom is 0.143 e. The lowest BCUT2D eigenvalue weighted by Gasteiger charge is -2.30. The fourth-order valence-corrected chi connectivity index (χ4v) is 1.98. The van der Waals surface area contributed by atoms with Gasteiger partial charge in [-0.2, -0.15) is 5.10 Å². The molecule has 2 rings (SSSR count). The maximum absolute atomic E-state index is 5.81. The van der Waals surface area contributed by atoms with Gasteiger partial charge in [0.05, 0.1) is 19.3 Å². The van der Waals surface area contributed by atoms with Crippen molar-refractivity contribution in [1.29, 1.82) is 0 Å². The summed E-state index contributed by atoms with van der Waals surface area (Å²) >= 11 is 0. The van der Waals surface area contributed by atoms with Crippen LogP contribution in [-0.2, 0) is 0 Å². The molecule has 0 bridgehead atoms. The molecule has 1 aromatic rings. The van der Waals surface area contributed by atoms with Crippen LogP contribution in [0.1, 0.15) is 13.3 Å². The van der Waals surface area contributed by atoms with Crippen molar-refractivity contribution in [2.75, 3.05) is 37.4 Å². The molecule has 0 aromatic heterocycles. The van der Waals surface area contributed by atoms with E-state index in [9.17, 15) is 0 Å². The smallest absolute Gasteiger partial charge is 0.143 e. The molecule has 0 aliphatic carbocycles. The van der Waals surface area contributed by atoms with Gasteiger partial charge in [0, 0.05) is 24.8 Å². The summed E-state index contributed by atoms with van der Waals surface area (Å²) in [7, 11) is 1.63. The third-order valence-electron chi connectivity index (χ3n) is 2.98. The molecule has 0 saturated carbocycles. The van der Waals surface area contributed by atoms with E-state index in [1.807, 2.05) is 24.5 Å². The first-order valence-corrected chi connectivity index (χ1v) is 6.23. The first-order valence-electron chi connectivity index (χ1n) is 6.23. The molecule has 1 aromatic carbocycles. The lowest BCUT2D eigenvalue weighted by Crippen LogP contribution is -2.38. The summed E-state index contributed by atoms with van der Waals surface area (Å²) in [4.78, 5) is 2.11. The largest absolute Gasteiger partial charge is 0.495 e. The van der Waals surface area contributed by atoms with Crippen molar-refractivity contribution in [3.8, 4) is 5.75 Å². The van der Waals surface area contributed by atoms with E-state index in [2.05, 4.69) is 21.9 Å². The zero-order valence-corrected chi connectivity index (χ0v) is 11.0. The molecule has 18 heavy (non-hydrogen) atoms. The molecule has 0 amide bonds. The van der Waals surface area contributed by atoms with Gasteiger partial charge in [0.25, 0.3) is 0 Å². The summed E-state index contributed by atoms with van der Waals surface area (Å²) in [6.45, 7) is 5.04. The van der Waals surface area contributed by atoms with Gasteiger partial charge in [0.1, 0.15) is 12.1 Å². The highest BCUT2D eigenvalue weighted by atomic mass is 16.5. The highest BCUT2D eigenvalue weighted by molar-refractivity contribution is 5.81. The number of hydrogen-bond donors (Lipinski definition) is 1. The van der Waals surface area contributed by atoms with Crippen LogP contribution in [0.3, 0.4) is 0 Å². The Hall–Kier alpha value is -1.91. The maximum atomic E-state index is 5.81. The summed E-state index contributed by atoms with van der Waals surface area (Å²) in [6, 6.07) is 5.79. The van der Waals surface area contributed by atoms with Crippen molar-refractivity contribution in [2.24, 2.45) is 5.10 Å². The van der Waals surface area contributed by atoms with E-state index in [-0.39, 0.29) is 0 Å². The Kier molecular flexibility index (Phi) is 3.92. The second kappa shape index (κ2) is 5.62. The number of hydrazone groups is 1. The predicted molar refractivity (Wildman–Crippen MR) is 75.1 cm³/mol. The number of ether oxygens (including phenoxy) is 1. The molecule has 1 heterocycles. The van der Waals surface area contributed by atoms with Crippen molar-refractivity contribution in [1.82, 2.24) is 5.01 Å². The van der Waals surface area contributed by atoms with Crippen LogP contribution < -0.4 is 15.4 Å². The van der Waals surface area contributed by atoms with Gasteiger partial charge in [-0.3, -0.25) is 5.01 Å². The molecule has 2 N–H and O–H groups in total. The average Bonchev–Trinajstić information content (AvgIpc) is 2.41. The predicted octanol–water partition coefficient (Wildman–Crippen LogP) is 1.75. The first kappa shape index (κ1) is 12.5. The van der Waals surface area contributed by atoms with Crippen molar-refractivity contribution in [2.45, 2.75) is 13.3 Å². The zero-order valence-electron chi connectivity index (χ0n) is 11.0. The molecule has 0 unspecified atom stereocenters. The Morgan fingerprint density at radius 1 is 1.39 bits per heavy atom. The fraction of sp³-hybridized carbons (Fsp3) is 0.462. The molecular formula is C13H20N4O. The Morgan fingerprint density at radius 3 is 2.83 bits per heavy atom. The Labute approximate surface area is 108 Å². The van der Waals surface area contributed by atoms with Crippen LogP contribution in [0.5, 0.6) is 5.75 Å². The summed E-state index contributed by atoms with van der Waals surface area (Å²) < 4.78 is 5.23. The third-order valence-corrected chi connectivity index (χ3v) is 2.98. The number of hydrogen-bond acceptors (Lipinski definition) is 5. The minimum Gasteiger partial charge on any atom is -0.495 e. The van der Waals surface area contributed by atoms with Crippen molar-refractivity contribution in [3.63, 3.8) is 0 Å². The zero-order chi connectivity index (χ0) is 13.0. The van der Waals surface area contributed by atoms with Gasteiger partial charge in [-0.25, -0.2) is 0 Å². The summed E-state index contributed by atoms with van der Waals surface area (Å²) in [6.07, 6.45) is 2.98. The van der Waals surface area contributed by atoms with Crippen LogP contribution >= 0.6 is 0 Å². The second-order valence-electron chi connectivity index (χ2n) is 4.30. The fourth-order valence-electron chi connectivity index (χ4n) is 1.98. The summed E-state index contributed by atoms with van der Waals surface area (Å²) in [5.74, 6) is 0.705. The number of benzene rings is 1. The lowest BCUT2D eigenvalue weighted by atomic mass is 10.2. The molecule has 0 spiro atoms. The molecule has 1 aliphatic heterocycles. The number of anilines is 2. The molecule has 0 radical (unpaired) electrons. The van der Waals surface area contributed by atoms with Crippen LogP contribution in [0.2, 0.25) is 0 Å². The Morgan fingerprint density at radius 2 is 2.22 bits per heavy atom. The van der Waals surface area contributed by atoms with Crippen LogP contribution in [-0.4, -0.2) is 38.1 Å². The van der Waals surface area contributed by atoms with Gasteiger partial charge in [0.2, 0.25) is 0 Å². The molecule has 5 nitrogen and oxygen atoms in total. The van der Waals surface area contributed by atoms with Gasteiger partial charge in [-0.1, -0.05) is 6.92 Å². The molecular weight excluding hydrogens is 228 g/mol. The van der Waals surface area contributed by atoms with E-state index in [1.54, 1.807) is 7.11 Å². The van der Waals surface area contributed by atoms with Crippen molar-refractivity contribution < 1.29 is 4.74 Å². The average molecular weight is 248 g/mol. The van der Waals surface area contributed by atoms with Crippen LogP contribution in [0, 0.1) is 0 Å². The van der Waals surface area contributed by atoms with E-state index in [0.717, 1.165) is 31.7 Å². The number of methoxy groups -OCH3 is 1. The van der Waals surface area contributed by atoms with Crippen molar-refractivity contribution in [3.05, 3.63) is 18.2 Å². The minimum absolute atomic E-state index is 0.655. The monoisotopic (exact) mass is 248 g/mol. The van der Waals surface area contributed by atoms with E-state index in [0.29, 0.717) is 11.4 Å². The van der Waals surface area contributed by atoms with Gasteiger partial charge in [0.15, 0.2) is 0 Å². The topological polar surface area (TPSA) is 54.1 Å². The second-order valence-corrected chi connectivity index (χ2v) is 4.30. The quantitative estimate of drug-likeness (QED) is 0.825. The molecule has 0 atom stereocenters. The normalized spacial score (nSPS) is 15.0. The van der Waals surface area contributed by atoms with Crippen LogP contribution in [0.4, 0.5) is 11.4 Å². The summed E-state index contributed by atoms with van der Waals surface area (Å²) in [5, 5.41) is 6.51. The number of nitrogens with zero attached hydrogens (tertiary/aromatic N) is 3. The van der Waals surface area contributed by atoms with E-state index in [1.165, 1.54) is 0 Å². The molecule has 1 aliphatic rings. The highest BCUT2D eigenvalue weighted by Crippen LogP contribution is 2.27. The molecule has 5 heteroatoms. The summed E-state index contributed by atoms with van der Waals surface area (Å²) in [5.41, 5.74) is 7.52. The molecule has 98 valence electrons. The van der Waals surface area contributed by atoms with Crippen molar-refractivity contribution >= 4 is 17.7 Å². The molecule has 0 fully saturated rings. The molecule has 0 saturated heterocycles. The van der Waals surface area contributed by atoms with Gasteiger partial charge in [-0.15, -0.1) is 0 Å². The van der Waals surface area contributed by atoms with E-state index < -0.39 is 0 Å². The van der Waals surface area contributed by atoms with E-state index in [4.69, 9.17) is 10.5 Å². The van der Waals surface area contributed by atoms with Gasteiger partial charge < -0.3 is 15.4 Å². The van der Waals surface area contributed by atoms with E-state index >= 15 is 0 Å². The number of nitrogens with two attached hydrogens (primary N) is 1. The standard InChI is InChI=1S/C13H20N4O/c1-3-6-17-8-7-16(10-15-17)11-4-5-12(14)13(9-11)18-2/h4-5,9-10H,3,6-8,14H2,1-2H3. The Balaban J connectivity index is 2.11. The van der Waals surface area contributed by atoms with Crippen LogP contribution in [0.15, 0.2) is 23.3 Å². The Bertz CT molecular complexity index is 433. The lowest BCUT2D eigenvalue weighted by molar-refractivity contribution is 0.288. The minimum atomic E-state index is 0.655. The van der Waals surface area contributed by atoms with Crippen LogP contribution in [0.25, 0.3) is 0 Å². The van der Waals surface area contributed by atoms with Gasteiger partial charge >= 0.3 is 0 Å².